The Morgan fingerprint density at radius 1 is 1.25 bits per heavy atom. The van der Waals surface area contributed by atoms with Gasteiger partial charge in [0.2, 0.25) is 0 Å². The zero-order valence-electron chi connectivity index (χ0n) is 11.3. The quantitative estimate of drug-likeness (QED) is 0.554. The fourth-order valence-electron chi connectivity index (χ4n) is 2.32. The largest absolute Gasteiger partial charge is 0.497 e. The highest BCUT2D eigenvalue weighted by molar-refractivity contribution is 6.15. The minimum Gasteiger partial charge on any atom is -0.497 e. The number of nitrogens with zero attached hydrogens (tertiary/aromatic N) is 1. The number of guanidine groups is 1. The van der Waals surface area contributed by atoms with E-state index in [2.05, 4.69) is 0 Å². The summed E-state index contributed by atoms with van der Waals surface area (Å²) in [6.45, 7) is 0. The third kappa shape index (κ3) is 1.75. The van der Waals surface area contributed by atoms with E-state index in [1.807, 2.05) is 36.4 Å². The number of hydrogen-bond donors (Lipinski definition) is 2. The first kappa shape index (κ1) is 12.3. The van der Waals surface area contributed by atoms with E-state index in [0.29, 0.717) is 11.3 Å². The summed E-state index contributed by atoms with van der Waals surface area (Å²) in [5, 5.41) is 9.56. The van der Waals surface area contributed by atoms with Crippen LogP contribution in [0.5, 0.6) is 5.75 Å². The molecule has 0 radical (unpaired) electrons. The van der Waals surface area contributed by atoms with Gasteiger partial charge in [-0.05, 0) is 6.07 Å². The number of para-hydroxylation sites is 1. The summed E-state index contributed by atoms with van der Waals surface area (Å²) in [7, 11) is 3.35. The number of rotatable bonds is 2. The average molecular weight is 269 g/mol. The molecular weight excluding hydrogens is 254 g/mol. The molecule has 0 aliphatic carbocycles. The first-order valence-corrected chi connectivity index (χ1v) is 6.19. The number of furan rings is 1. The molecule has 0 unspecified atom stereocenters. The lowest BCUT2D eigenvalue weighted by Crippen LogP contribution is -2.32. The molecule has 0 saturated carbocycles. The predicted molar refractivity (Wildman–Crippen MR) is 80.6 cm³/mol. The molecule has 5 nitrogen and oxygen atoms in total. The van der Waals surface area contributed by atoms with E-state index in [9.17, 15) is 0 Å². The van der Waals surface area contributed by atoms with Crippen LogP contribution in [0.4, 0.5) is 5.69 Å². The average Bonchev–Trinajstić information content (AvgIpc) is 2.83. The first-order chi connectivity index (χ1) is 9.61. The number of nitrogens with one attached hydrogen (secondary N) is 1. The molecule has 3 rings (SSSR count). The maximum Gasteiger partial charge on any atom is 0.192 e. The molecule has 0 aliphatic heterocycles. The molecule has 5 heteroatoms. The maximum absolute atomic E-state index is 7.63. The third-order valence-corrected chi connectivity index (χ3v) is 3.39. The summed E-state index contributed by atoms with van der Waals surface area (Å²) in [6, 6.07) is 11.5. The molecule has 0 saturated heterocycles. The molecule has 1 heterocycles. The molecule has 2 aromatic carbocycles. The monoisotopic (exact) mass is 269 g/mol. The Morgan fingerprint density at radius 2 is 2.00 bits per heavy atom. The molecule has 0 bridgehead atoms. The van der Waals surface area contributed by atoms with Crippen LogP contribution in [-0.2, 0) is 0 Å². The molecular formula is C15H15N3O2. The van der Waals surface area contributed by atoms with E-state index >= 15 is 0 Å². The Kier molecular flexibility index (Phi) is 2.75. The topological polar surface area (TPSA) is 75.5 Å². The van der Waals surface area contributed by atoms with E-state index in [0.717, 1.165) is 22.0 Å². The molecule has 20 heavy (non-hydrogen) atoms. The van der Waals surface area contributed by atoms with Crippen molar-refractivity contribution >= 4 is 33.6 Å². The summed E-state index contributed by atoms with van der Waals surface area (Å²) in [4.78, 5) is 1.60. The van der Waals surface area contributed by atoms with Crippen LogP contribution >= 0.6 is 0 Å². The number of ether oxygens (including phenoxy) is 1. The van der Waals surface area contributed by atoms with Crippen LogP contribution in [0.1, 0.15) is 0 Å². The summed E-state index contributed by atoms with van der Waals surface area (Å²) < 4.78 is 11.1. The van der Waals surface area contributed by atoms with Crippen molar-refractivity contribution < 1.29 is 9.15 Å². The minimum absolute atomic E-state index is 0.0372. The Hall–Kier alpha value is -2.69. The van der Waals surface area contributed by atoms with Gasteiger partial charge in [-0.25, -0.2) is 0 Å². The highest BCUT2D eigenvalue weighted by Crippen LogP contribution is 2.38. The van der Waals surface area contributed by atoms with E-state index < -0.39 is 0 Å². The highest BCUT2D eigenvalue weighted by Gasteiger charge is 2.16. The van der Waals surface area contributed by atoms with Gasteiger partial charge in [-0.3, -0.25) is 5.41 Å². The van der Waals surface area contributed by atoms with Gasteiger partial charge in [0.05, 0.1) is 18.2 Å². The summed E-state index contributed by atoms with van der Waals surface area (Å²) in [5.41, 5.74) is 7.91. The molecule has 0 fully saturated rings. The van der Waals surface area contributed by atoms with Crippen molar-refractivity contribution in [1.29, 1.82) is 5.41 Å². The van der Waals surface area contributed by atoms with Gasteiger partial charge in [0.15, 0.2) is 5.96 Å². The Labute approximate surface area is 116 Å². The van der Waals surface area contributed by atoms with Crippen molar-refractivity contribution in [2.45, 2.75) is 0 Å². The van der Waals surface area contributed by atoms with Crippen molar-refractivity contribution in [2.24, 2.45) is 5.73 Å². The van der Waals surface area contributed by atoms with Crippen molar-refractivity contribution in [3.05, 3.63) is 36.4 Å². The molecule has 1 aromatic heterocycles. The van der Waals surface area contributed by atoms with E-state index in [1.54, 1.807) is 19.1 Å². The van der Waals surface area contributed by atoms with Crippen molar-refractivity contribution in [3.8, 4) is 5.75 Å². The molecule has 0 spiro atoms. The van der Waals surface area contributed by atoms with Crippen LogP contribution in [0.15, 0.2) is 40.8 Å². The predicted octanol–water partition coefficient (Wildman–Crippen LogP) is 2.92. The fraction of sp³-hybridized carbons (Fsp3) is 0.133. The summed E-state index contributed by atoms with van der Waals surface area (Å²) in [6.07, 6.45) is 0. The third-order valence-electron chi connectivity index (χ3n) is 3.39. The first-order valence-electron chi connectivity index (χ1n) is 6.19. The van der Waals surface area contributed by atoms with Crippen LogP contribution < -0.4 is 15.4 Å². The van der Waals surface area contributed by atoms with E-state index in [1.165, 1.54) is 0 Å². The molecule has 102 valence electrons. The lowest BCUT2D eigenvalue weighted by molar-refractivity contribution is 0.415. The van der Waals surface area contributed by atoms with Gasteiger partial charge >= 0.3 is 0 Å². The van der Waals surface area contributed by atoms with Crippen LogP contribution in [0.2, 0.25) is 0 Å². The smallest absolute Gasteiger partial charge is 0.192 e. The lowest BCUT2D eigenvalue weighted by Gasteiger charge is -2.18. The standard InChI is InChI=1S/C15H15N3O2/c1-18(15(16)17)11-7-9(19-2)8-13-14(11)10-5-3-4-6-12(10)20-13/h3-8H,1-2H3,(H3,16,17). The number of nitrogens with two attached hydrogens (primary N) is 1. The van der Waals surface area contributed by atoms with Gasteiger partial charge in [0.1, 0.15) is 16.9 Å². The SMILES string of the molecule is COc1cc(N(C)C(=N)N)c2c(c1)oc1ccccc12. The van der Waals surface area contributed by atoms with Gasteiger partial charge in [-0.15, -0.1) is 0 Å². The second-order valence-electron chi connectivity index (χ2n) is 4.56. The fourth-order valence-corrected chi connectivity index (χ4v) is 2.32. The van der Waals surface area contributed by atoms with E-state index in [4.69, 9.17) is 20.3 Å². The number of hydrogen-bond acceptors (Lipinski definition) is 3. The Bertz CT molecular complexity index is 807. The lowest BCUT2D eigenvalue weighted by atomic mass is 10.1. The van der Waals surface area contributed by atoms with Crippen LogP contribution in [0, 0.1) is 5.41 Å². The van der Waals surface area contributed by atoms with Crippen molar-refractivity contribution in [1.82, 2.24) is 0 Å². The van der Waals surface area contributed by atoms with Crippen molar-refractivity contribution in [3.63, 3.8) is 0 Å². The summed E-state index contributed by atoms with van der Waals surface area (Å²) in [5.74, 6) is 0.629. The highest BCUT2D eigenvalue weighted by atomic mass is 16.5. The normalized spacial score (nSPS) is 10.9. The van der Waals surface area contributed by atoms with Crippen LogP contribution in [0.3, 0.4) is 0 Å². The second-order valence-corrected chi connectivity index (χ2v) is 4.56. The number of methoxy groups -OCH3 is 1. The van der Waals surface area contributed by atoms with Gasteiger partial charge in [-0.1, -0.05) is 18.2 Å². The minimum atomic E-state index is -0.0372. The zero-order valence-corrected chi connectivity index (χ0v) is 11.3. The Balaban J connectivity index is 2.43. The summed E-state index contributed by atoms with van der Waals surface area (Å²) >= 11 is 0. The number of fused-ring (bicyclic) bond motifs is 3. The van der Waals surface area contributed by atoms with E-state index in [-0.39, 0.29) is 5.96 Å². The second kappa shape index (κ2) is 4.45. The Morgan fingerprint density at radius 3 is 2.70 bits per heavy atom. The maximum atomic E-state index is 7.63. The van der Waals surface area contributed by atoms with Crippen LogP contribution in [0.25, 0.3) is 21.9 Å². The zero-order chi connectivity index (χ0) is 14.3. The van der Waals surface area contributed by atoms with Gasteiger partial charge in [0.25, 0.3) is 0 Å². The van der Waals surface area contributed by atoms with Gasteiger partial charge < -0.3 is 19.8 Å². The molecule has 0 amide bonds. The number of benzene rings is 2. The molecule has 3 N–H and O–H groups in total. The van der Waals surface area contributed by atoms with Crippen molar-refractivity contribution in [2.75, 3.05) is 19.1 Å². The molecule has 0 atom stereocenters. The molecule has 0 aliphatic rings. The van der Waals surface area contributed by atoms with Gasteiger partial charge in [0, 0.05) is 24.6 Å². The van der Waals surface area contributed by atoms with Gasteiger partial charge in [-0.2, -0.15) is 0 Å². The molecule has 3 aromatic rings. The van der Waals surface area contributed by atoms with Crippen LogP contribution in [-0.4, -0.2) is 20.1 Å². The number of anilines is 1.